The molecule has 0 aliphatic heterocycles. The lowest BCUT2D eigenvalue weighted by molar-refractivity contribution is 0.282. The first kappa shape index (κ1) is 16.6. The molecule has 1 aromatic carbocycles. The van der Waals surface area contributed by atoms with Crippen molar-refractivity contribution in [2.45, 2.75) is 25.7 Å². The Hall–Kier alpha value is -1.46. The number of anilines is 2. The van der Waals surface area contributed by atoms with Crippen molar-refractivity contribution in [3.05, 3.63) is 18.2 Å². The lowest BCUT2D eigenvalue weighted by Crippen LogP contribution is -2.26. The summed E-state index contributed by atoms with van der Waals surface area (Å²) in [6.07, 6.45) is 3.38. The number of aliphatic hydroxyl groups is 2. The zero-order valence-electron chi connectivity index (χ0n) is 12.2. The van der Waals surface area contributed by atoms with E-state index in [1.54, 1.807) is 7.11 Å². The summed E-state index contributed by atoms with van der Waals surface area (Å²) in [5.41, 5.74) is 7.55. The molecule has 20 heavy (non-hydrogen) atoms. The van der Waals surface area contributed by atoms with Gasteiger partial charge < -0.3 is 25.6 Å². The van der Waals surface area contributed by atoms with Crippen LogP contribution in [0.15, 0.2) is 18.2 Å². The van der Waals surface area contributed by atoms with Gasteiger partial charge in [-0.05, 0) is 43.9 Å². The molecule has 5 heteroatoms. The number of nitrogens with two attached hydrogens (primary N) is 1. The van der Waals surface area contributed by atoms with Crippen molar-refractivity contribution < 1.29 is 14.9 Å². The van der Waals surface area contributed by atoms with Crippen LogP contribution in [0.1, 0.15) is 25.7 Å². The molecule has 1 aromatic rings. The number of ether oxygens (including phenoxy) is 1. The highest BCUT2D eigenvalue weighted by Gasteiger charge is 2.12. The van der Waals surface area contributed by atoms with E-state index in [2.05, 4.69) is 4.90 Å². The minimum atomic E-state index is 0.207. The predicted molar refractivity (Wildman–Crippen MR) is 82.3 cm³/mol. The Balaban J connectivity index is 2.80. The van der Waals surface area contributed by atoms with Crippen LogP contribution in [0.5, 0.6) is 5.75 Å². The summed E-state index contributed by atoms with van der Waals surface area (Å²) in [7, 11) is 1.65. The van der Waals surface area contributed by atoms with Gasteiger partial charge in [0.15, 0.2) is 0 Å². The number of hydrogen-bond donors (Lipinski definition) is 3. The van der Waals surface area contributed by atoms with Crippen LogP contribution in [0.4, 0.5) is 11.4 Å². The number of rotatable bonds is 10. The average molecular weight is 282 g/mol. The molecule has 0 saturated heterocycles. The summed E-state index contributed by atoms with van der Waals surface area (Å²) in [6, 6.07) is 5.61. The summed E-state index contributed by atoms with van der Waals surface area (Å²) in [5, 5.41) is 17.8. The molecule has 1 rings (SSSR count). The Morgan fingerprint density at radius 1 is 1.05 bits per heavy atom. The lowest BCUT2D eigenvalue weighted by atomic mass is 10.2. The zero-order chi connectivity index (χ0) is 14.8. The first-order chi connectivity index (χ1) is 9.72. The Bertz CT molecular complexity index is 375. The van der Waals surface area contributed by atoms with Crippen molar-refractivity contribution >= 4 is 11.4 Å². The minimum absolute atomic E-state index is 0.207. The second-order valence-electron chi connectivity index (χ2n) is 4.78. The van der Waals surface area contributed by atoms with Gasteiger partial charge in [-0.1, -0.05) is 0 Å². The largest absolute Gasteiger partial charge is 0.495 e. The molecule has 0 heterocycles. The van der Waals surface area contributed by atoms with E-state index in [0.29, 0.717) is 5.69 Å². The maximum Gasteiger partial charge on any atom is 0.142 e. The fraction of sp³-hybridized carbons (Fsp3) is 0.600. The minimum Gasteiger partial charge on any atom is -0.495 e. The number of aliphatic hydroxyl groups excluding tert-OH is 2. The first-order valence-corrected chi connectivity index (χ1v) is 7.13. The van der Waals surface area contributed by atoms with Gasteiger partial charge in [0, 0.05) is 32.0 Å². The van der Waals surface area contributed by atoms with Crippen LogP contribution in [0, 0.1) is 0 Å². The van der Waals surface area contributed by atoms with Crippen LogP contribution in [0.25, 0.3) is 0 Å². The molecular formula is C15H26N2O3. The van der Waals surface area contributed by atoms with Gasteiger partial charge in [-0.2, -0.15) is 0 Å². The molecule has 0 spiro atoms. The van der Waals surface area contributed by atoms with E-state index >= 15 is 0 Å². The molecule has 0 amide bonds. The highest BCUT2D eigenvalue weighted by Crippen LogP contribution is 2.30. The van der Waals surface area contributed by atoms with E-state index in [0.717, 1.165) is 50.2 Å². The van der Waals surface area contributed by atoms with Gasteiger partial charge in [-0.25, -0.2) is 0 Å². The molecular weight excluding hydrogens is 256 g/mol. The molecule has 5 nitrogen and oxygen atoms in total. The molecule has 0 aliphatic rings. The fourth-order valence-corrected chi connectivity index (χ4v) is 2.14. The summed E-state index contributed by atoms with van der Waals surface area (Å²) in [4.78, 5) is 2.21. The third kappa shape index (κ3) is 5.27. The Morgan fingerprint density at radius 2 is 1.65 bits per heavy atom. The van der Waals surface area contributed by atoms with E-state index in [4.69, 9.17) is 20.7 Å². The molecule has 0 saturated carbocycles. The second-order valence-corrected chi connectivity index (χ2v) is 4.78. The summed E-state index contributed by atoms with van der Waals surface area (Å²) >= 11 is 0. The van der Waals surface area contributed by atoms with Gasteiger partial charge in [0.05, 0.1) is 12.8 Å². The van der Waals surface area contributed by atoms with E-state index in [-0.39, 0.29) is 13.2 Å². The van der Waals surface area contributed by atoms with Gasteiger partial charge in [-0.15, -0.1) is 0 Å². The van der Waals surface area contributed by atoms with Crippen LogP contribution >= 0.6 is 0 Å². The maximum absolute atomic E-state index is 8.91. The normalized spacial score (nSPS) is 10.6. The van der Waals surface area contributed by atoms with Crippen molar-refractivity contribution in [3.63, 3.8) is 0 Å². The van der Waals surface area contributed by atoms with Crippen LogP contribution in [0.2, 0.25) is 0 Å². The highest BCUT2D eigenvalue weighted by atomic mass is 16.5. The van der Waals surface area contributed by atoms with Crippen LogP contribution in [-0.2, 0) is 0 Å². The van der Waals surface area contributed by atoms with Gasteiger partial charge in [-0.3, -0.25) is 0 Å². The first-order valence-electron chi connectivity index (χ1n) is 7.13. The van der Waals surface area contributed by atoms with E-state index < -0.39 is 0 Å². The second kappa shape index (κ2) is 9.44. The van der Waals surface area contributed by atoms with Crippen LogP contribution in [0.3, 0.4) is 0 Å². The van der Waals surface area contributed by atoms with Crippen LogP contribution < -0.4 is 15.4 Å². The van der Waals surface area contributed by atoms with Gasteiger partial charge in [0.25, 0.3) is 0 Å². The average Bonchev–Trinajstić information content (AvgIpc) is 2.46. The van der Waals surface area contributed by atoms with Gasteiger partial charge >= 0.3 is 0 Å². The number of benzene rings is 1. The van der Waals surface area contributed by atoms with E-state index in [1.807, 2.05) is 18.2 Å². The zero-order valence-corrected chi connectivity index (χ0v) is 12.2. The van der Waals surface area contributed by atoms with Crippen molar-refractivity contribution in [3.8, 4) is 5.75 Å². The fourth-order valence-electron chi connectivity index (χ4n) is 2.14. The molecule has 4 N–H and O–H groups in total. The lowest BCUT2D eigenvalue weighted by Gasteiger charge is -2.27. The number of hydrogen-bond acceptors (Lipinski definition) is 5. The van der Waals surface area contributed by atoms with Crippen molar-refractivity contribution in [2.24, 2.45) is 0 Å². The predicted octanol–water partition coefficient (Wildman–Crippen LogP) is 1.63. The van der Waals surface area contributed by atoms with Crippen molar-refractivity contribution in [2.75, 3.05) is 44.0 Å². The molecule has 0 unspecified atom stereocenters. The Morgan fingerprint density at radius 3 is 2.15 bits per heavy atom. The van der Waals surface area contributed by atoms with E-state index in [9.17, 15) is 0 Å². The van der Waals surface area contributed by atoms with Gasteiger partial charge in [0.2, 0.25) is 0 Å². The van der Waals surface area contributed by atoms with E-state index in [1.165, 1.54) is 0 Å². The third-order valence-electron chi connectivity index (χ3n) is 3.22. The Labute approximate surface area is 121 Å². The molecule has 0 radical (unpaired) electrons. The quantitative estimate of drug-likeness (QED) is 0.449. The number of unbranched alkanes of at least 4 members (excludes halogenated alkanes) is 2. The number of methoxy groups -OCH3 is 1. The summed E-state index contributed by atoms with van der Waals surface area (Å²) in [5.74, 6) is 0.798. The molecule has 0 aromatic heterocycles. The summed E-state index contributed by atoms with van der Waals surface area (Å²) in [6.45, 7) is 2.09. The molecule has 0 aliphatic carbocycles. The topological polar surface area (TPSA) is 79.0 Å². The Kier molecular flexibility index (Phi) is 7.84. The van der Waals surface area contributed by atoms with Gasteiger partial charge in [0.1, 0.15) is 5.75 Å². The molecule has 0 atom stereocenters. The monoisotopic (exact) mass is 282 g/mol. The van der Waals surface area contributed by atoms with Crippen molar-refractivity contribution in [1.29, 1.82) is 0 Å². The molecule has 0 bridgehead atoms. The molecule has 114 valence electrons. The number of nitrogens with zero attached hydrogens (tertiary/aromatic N) is 1. The summed E-state index contributed by atoms with van der Waals surface area (Å²) < 4.78 is 5.40. The SMILES string of the molecule is COc1ccc(N)cc1N(CCCCO)CCCCO. The number of nitrogen functional groups attached to an aromatic ring is 1. The maximum atomic E-state index is 8.91. The van der Waals surface area contributed by atoms with Crippen LogP contribution in [-0.4, -0.2) is 43.6 Å². The standard InChI is InChI=1S/C15H26N2O3/c1-20-15-7-6-13(16)12-14(15)17(8-2-4-10-18)9-3-5-11-19/h6-7,12,18-19H,2-5,8-11,16H2,1H3. The smallest absolute Gasteiger partial charge is 0.142 e. The highest BCUT2D eigenvalue weighted by molar-refractivity contribution is 5.65. The third-order valence-corrected chi connectivity index (χ3v) is 3.22. The van der Waals surface area contributed by atoms with Crippen molar-refractivity contribution in [1.82, 2.24) is 0 Å². The molecule has 0 fully saturated rings.